The maximum absolute atomic E-state index is 12.4. The van der Waals surface area contributed by atoms with Crippen molar-refractivity contribution in [2.45, 2.75) is 16.5 Å². The first-order chi connectivity index (χ1) is 9.88. The molecule has 0 radical (unpaired) electrons. The van der Waals surface area contributed by atoms with Crippen LogP contribution in [-0.4, -0.2) is 26.0 Å². The number of hydrogen-bond donors (Lipinski definition) is 2. The lowest BCUT2D eigenvalue weighted by Crippen LogP contribution is -2.11. The van der Waals surface area contributed by atoms with Crippen LogP contribution in [-0.2, 0) is 0 Å². The van der Waals surface area contributed by atoms with Crippen molar-refractivity contribution < 1.29 is 18.5 Å². The Kier molecular flexibility index (Phi) is 4.12. The van der Waals surface area contributed by atoms with Crippen LogP contribution in [0.5, 0.6) is 0 Å². The lowest BCUT2D eigenvalue weighted by Gasteiger charge is -2.01. The first kappa shape index (κ1) is 14.8. The van der Waals surface area contributed by atoms with Crippen LogP contribution in [0.2, 0.25) is 0 Å². The molecule has 0 fully saturated rings. The van der Waals surface area contributed by atoms with Gasteiger partial charge in [0.1, 0.15) is 0 Å². The Hall–Kier alpha value is -2.56. The van der Waals surface area contributed by atoms with Crippen molar-refractivity contribution in [3.8, 4) is 0 Å². The number of primary amides is 1. The number of amides is 1. The van der Waals surface area contributed by atoms with Crippen LogP contribution < -0.4 is 5.73 Å². The second-order valence-electron chi connectivity index (χ2n) is 3.71. The largest absolute Gasteiger partial charge is 0.366 e. The van der Waals surface area contributed by atoms with Crippen molar-refractivity contribution >= 4 is 23.4 Å². The van der Waals surface area contributed by atoms with E-state index in [9.17, 15) is 23.7 Å². The Morgan fingerprint density at radius 3 is 2.71 bits per heavy atom. The summed E-state index contributed by atoms with van der Waals surface area (Å²) in [5.41, 5.74) is 4.62. The molecule has 0 spiro atoms. The molecule has 0 bridgehead atoms. The number of alkyl halides is 2. The van der Waals surface area contributed by atoms with Gasteiger partial charge in [-0.25, -0.2) is 8.78 Å². The van der Waals surface area contributed by atoms with Crippen molar-refractivity contribution in [1.82, 2.24) is 15.2 Å². The molecule has 2 aromatic rings. The molecule has 0 aliphatic rings. The average molecular weight is 315 g/mol. The van der Waals surface area contributed by atoms with Crippen molar-refractivity contribution in [3.05, 3.63) is 39.7 Å². The Balaban J connectivity index is 2.34. The van der Waals surface area contributed by atoms with Gasteiger partial charge in [-0.15, -0.1) is 5.10 Å². The smallest absolute Gasteiger partial charge is 0.296 e. The van der Waals surface area contributed by atoms with Crippen LogP contribution >= 0.6 is 11.8 Å². The molecule has 110 valence electrons. The van der Waals surface area contributed by atoms with Gasteiger partial charge in [0.15, 0.2) is 5.82 Å². The van der Waals surface area contributed by atoms with E-state index >= 15 is 0 Å². The van der Waals surface area contributed by atoms with Crippen LogP contribution in [0.3, 0.4) is 0 Å². The summed E-state index contributed by atoms with van der Waals surface area (Å²) in [7, 11) is 0. The van der Waals surface area contributed by atoms with E-state index in [1.807, 2.05) is 5.10 Å². The van der Waals surface area contributed by atoms with Crippen LogP contribution in [0.25, 0.3) is 0 Å². The topological polar surface area (TPSA) is 128 Å². The van der Waals surface area contributed by atoms with Crippen molar-refractivity contribution in [3.63, 3.8) is 0 Å². The number of benzene rings is 1. The first-order valence-corrected chi connectivity index (χ1v) is 6.16. The number of nitrogens with two attached hydrogens (primary N) is 1. The zero-order chi connectivity index (χ0) is 15.6. The molecule has 0 saturated carbocycles. The van der Waals surface area contributed by atoms with Crippen LogP contribution in [0.1, 0.15) is 22.6 Å². The summed E-state index contributed by atoms with van der Waals surface area (Å²) in [6.45, 7) is 0. The highest BCUT2D eigenvalue weighted by Crippen LogP contribution is 2.34. The minimum absolute atomic E-state index is 0.0330. The number of halogens is 2. The molecule has 0 aliphatic heterocycles. The fourth-order valence-corrected chi connectivity index (χ4v) is 2.21. The highest BCUT2D eigenvalue weighted by molar-refractivity contribution is 7.99. The number of carbonyl (C=O) groups is 1. The van der Waals surface area contributed by atoms with E-state index in [2.05, 4.69) is 10.1 Å². The van der Waals surface area contributed by atoms with Gasteiger partial charge in [-0.05, 0) is 23.9 Å². The van der Waals surface area contributed by atoms with E-state index in [-0.39, 0.29) is 21.3 Å². The maximum Gasteiger partial charge on any atom is 0.296 e. The summed E-state index contributed by atoms with van der Waals surface area (Å²) in [6, 6.07) is 3.57. The fraction of sp³-hybridized carbons (Fsp3) is 0.100. The summed E-state index contributed by atoms with van der Waals surface area (Å²) in [4.78, 5) is 24.9. The summed E-state index contributed by atoms with van der Waals surface area (Å²) in [5, 5.41) is 16.4. The van der Waals surface area contributed by atoms with E-state index in [0.717, 1.165) is 17.8 Å². The molecule has 2 rings (SSSR count). The predicted octanol–water partition coefficient (Wildman–Crippen LogP) is 1.90. The first-order valence-electron chi connectivity index (χ1n) is 5.35. The van der Waals surface area contributed by atoms with Gasteiger partial charge in [0.05, 0.1) is 9.82 Å². The average Bonchev–Trinajstić information content (AvgIpc) is 2.87. The Morgan fingerprint density at radius 2 is 2.19 bits per heavy atom. The molecule has 1 heterocycles. The molecule has 3 N–H and O–H groups in total. The Bertz CT molecular complexity index is 706. The monoisotopic (exact) mass is 315 g/mol. The molecule has 1 amide bonds. The molecule has 8 nitrogen and oxygen atoms in total. The Morgan fingerprint density at radius 1 is 1.48 bits per heavy atom. The third kappa shape index (κ3) is 3.31. The SMILES string of the molecule is NC(=O)c1ccc(Sc2n[nH]c(C(F)F)n2)c([N+](=O)[O-])c1. The minimum atomic E-state index is -2.82. The third-order valence-electron chi connectivity index (χ3n) is 2.33. The lowest BCUT2D eigenvalue weighted by molar-refractivity contribution is -0.387. The standard InChI is InChI=1S/C10H7F2N5O3S/c11-7(12)9-14-10(16-15-9)21-6-2-1-4(8(13)18)3-5(6)17(19)20/h1-3,7H,(H2,13,18)(H,14,15,16). The van der Waals surface area contributed by atoms with Gasteiger partial charge in [-0.2, -0.15) is 4.98 Å². The molecule has 11 heteroatoms. The quantitative estimate of drug-likeness (QED) is 0.640. The summed E-state index contributed by atoms with van der Waals surface area (Å²) < 4.78 is 24.7. The number of nitrogens with zero attached hydrogens (tertiary/aromatic N) is 3. The number of nitro benzene ring substituents is 1. The van der Waals surface area contributed by atoms with E-state index in [1.165, 1.54) is 12.1 Å². The van der Waals surface area contributed by atoms with Crippen molar-refractivity contribution in [2.75, 3.05) is 0 Å². The highest BCUT2D eigenvalue weighted by Gasteiger charge is 2.20. The molecular formula is C10H7F2N5O3S. The zero-order valence-electron chi connectivity index (χ0n) is 10.1. The van der Waals surface area contributed by atoms with Gasteiger partial charge in [-0.3, -0.25) is 20.0 Å². The van der Waals surface area contributed by atoms with E-state index in [1.54, 1.807) is 0 Å². The van der Waals surface area contributed by atoms with E-state index < -0.39 is 23.1 Å². The van der Waals surface area contributed by atoms with E-state index in [0.29, 0.717) is 0 Å². The van der Waals surface area contributed by atoms with Crippen LogP contribution in [0, 0.1) is 10.1 Å². The minimum Gasteiger partial charge on any atom is -0.366 e. The van der Waals surface area contributed by atoms with Gasteiger partial charge in [0.25, 0.3) is 12.1 Å². The molecule has 0 atom stereocenters. The molecule has 0 unspecified atom stereocenters. The zero-order valence-corrected chi connectivity index (χ0v) is 10.9. The number of aromatic nitrogens is 3. The second-order valence-corrected chi connectivity index (χ2v) is 4.72. The maximum atomic E-state index is 12.4. The number of nitro groups is 1. The number of rotatable bonds is 5. The Labute approximate surface area is 119 Å². The molecule has 0 saturated heterocycles. The summed E-state index contributed by atoms with van der Waals surface area (Å²) >= 11 is 0.721. The number of hydrogen-bond acceptors (Lipinski definition) is 6. The molecule has 21 heavy (non-hydrogen) atoms. The second kappa shape index (κ2) is 5.83. The number of nitrogens with one attached hydrogen (secondary N) is 1. The predicted molar refractivity (Wildman–Crippen MR) is 67.1 cm³/mol. The lowest BCUT2D eigenvalue weighted by atomic mass is 10.2. The highest BCUT2D eigenvalue weighted by atomic mass is 32.2. The number of H-pyrrole nitrogens is 1. The summed E-state index contributed by atoms with van der Waals surface area (Å²) in [5.74, 6) is -1.44. The third-order valence-corrected chi connectivity index (χ3v) is 3.26. The van der Waals surface area contributed by atoms with Crippen LogP contribution in [0.4, 0.5) is 14.5 Å². The normalized spacial score (nSPS) is 10.8. The van der Waals surface area contributed by atoms with E-state index in [4.69, 9.17) is 5.73 Å². The molecule has 0 aliphatic carbocycles. The van der Waals surface area contributed by atoms with Crippen LogP contribution in [0.15, 0.2) is 28.3 Å². The van der Waals surface area contributed by atoms with Crippen molar-refractivity contribution in [2.24, 2.45) is 5.73 Å². The molecule has 1 aromatic carbocycles. The van der Waals surface area contributed by atoms with Gasteiger partial charge >= 0.3 is 0 Å². The number of carbonyl (C=O) groups excluding carboxylic acids is 1. The summed E-state index contributed by atoms with van der Waals surface area (Å²) in [6.07, 6.45) is -2.82. The van der Waals surface area contributed by atoms with Gasteiger partial charge in [-0.1, -0.05) is 0 Å². The van der Waals surface area contributed by atoms with Gasteiger partial charge in [0.2, 0.25) is 11.1 Å². The molecule has 1 aromatic heterocycles. The number of aromatic amines is 1. The van der Waals surface area contributed by atoms with Crippen molar-refractivity contribution in [1.29, 1.82) is 0 Å². The van der Waals surface area contributed by atoms with Gasteiger partial charge in [0, 0.05) is 11.6 Å². The molecular weight excluding hydrogens is 308 g/mol. The fourth-order valence-electron chi connectivity index (χ4n) is 1.40. The van der Waals surface area contributed by atoms with Gasteiger partial charge < -0.3 is 5.73 Å².